The number of benzene rings is 1. The van der Waals surface area contributed by atoms with Crippen molar-refractivity contribution in [1.82, 2.24) is 0 Å². The zero-order chi connectivity index (χ0) is 12.1. The molecule has 0 saturated carbocycles. The molecule has 1 N–H and O–H groups in total. The summed E-state index contributed by atoms with van der Waals surface area (Å²) in [7, 11) is 3.14. The molecule has 1 aromatic rings. The molecule has 0 aromatic heterocycles. The number of methoxy groups -OCH3 is 2. The Balaban J connectivity index is 2.97. The number of hydrogen-bond donors (Lipinski definition) is 1. The molecule has 0 saturated heterocycles. The maximum absolute atomic E-state index is 10.6. The van der Waals surface area contributed by atoms with Crippen LogP contribution in [0.5, 0.6) is 11.5 Å². The maximum Gasteiger partial charge on any atom is 0.303 e. The van der Waals surface area contributed by atoms with Crippen LogP contribution >= 0.6 is 0 Å². The summed E-state index contributed by atoms with van der Waals surface area (Å²) in [4.78, 5) is 10.6. The highest BCUT2D eigenvalue weighted by Gasteiger charge is 2.12. The van der Waals surface area contributed by atoms with Crippen LogP contribution in [-0.2, 0) is 4.79 Å². The van der Waals surface area contributed by atoms with E-state index in [-0.39, 0.29) is 12.3 Å². The Bertz CT molecular complexity index is 351. The standard InChI is InChI=1S/C12H16O4/c1-8(4-12(13)14)9-5-10(15-2)7-11(6-9)16-3/h5-8H,4H2,1-3H3,(H,13,14)/t8-/m0/s1. The second-order valence-corrected chi connectivity index (χ2v) is 3.64. The molecule has 1 rings (SSSR count). The van der Waals surface area contributed by atoms with Gasteiger partial charge in [-0.05, 0) is 23.6 Å². The second-order valence-electron chi connectivity index (χ2n) is 3.64. The molecule has 1 atom stereocenters. The zero-order valence-electron chi connectivity index (χ0n) is 9.69. The topological polar surface area (TPSA) is 55.8 Å². The highest BCUT2D eigenvalue weighted by Crippen LogP contribution is 2.28. The number of hydrogen-bond acceptors (Lipinski definition) is 3. The summed E-state index contributed by atoms with van der Waals surface area (Å²) in [5.41, 5.74) is 0.901. The summed E-state index contributed by atoms with van der Waals surface area (Å²) in [6.07, 6.45) is 0.0936. The number of carboxylic acids is 1. The van der Waals surface area contributed by atoms with Crippen molar-refractivity contribution >= 4 is 5.97 Å². The highest BCUT2D eigenvalue weighted by molar-refractivity contribution is 5.68. The van der Waals surface area contributed by atoms with Crippen molar-refractivity contribution in [2.75, 3.05) is 14.2 Å². The molecule has 0 unspecified atom stereocenters. The molecule has 0 fully saturated rings. The maximum atomic E-state index is 10.6. The van der Waals surface area contributed by atoms with Crippen LogP contribution in [0.15, 0.2) is 18.2 Å². The summed E-state index contributed by atoms with van der Waals surface area (Å²) in [6, 6.07) is 5.42. The molecule has 0 heterocycles. The van der Waals surface area contributed by atoms with Crippen molar-refractivity contribution in [3.8, 4) is 11.5 Å². The third-order valence-corrected chi connectivity index (χ3v) is 2.42. The number of ether oxygens (including phenoxy) is 2. The molecule has 0 aliphatic rings. The molecule has 88 valence electrons. The smallest absolute Gasteiger partial charge is 0.303 e. The van der Waals surface area contributed by atoms with Gasteiger partial charge in [0.25, 0.3) is 0 Å². The first-order chi connectivity index (χ1) is 7.56. The van der Waals surface area contributed by atoms with E-state index in [1.54, 1.807) is 20.3 Å². The molecule has 0 aliphatic carbocycles. The first-order valence-electron chi connectivity index (χ1n) is 5.01. The number of aliphatic carboxylic acids is 1. The van der Waals surface area contributed by atoms with E-state index in [0.717, 1.165) is 5.56 Å². The third-order valence-electron chi connectivity index (χ3n) is 2.42. The molecule has 0 radical (unpaired) electrons. The molecule has 16 heavy (non-hydrogen) atoms. The average molecular weight is 224 g/mol. The summed E-state index contributed by atoms with van der Waals surface area (Å²) in [5.74, 6) is 0.467. The van der Waals surface area contributed by atoms with Gasteiger partial charge in [0.05, 0.1) is 20.6 Å². The van der Waals surface area contributed by atoms with Gasteiger partial charge in [-0.15, -0.1) is 0 Å². The minimum Gasteiger partial charge on any atom is -0.497 e. The average Bonchev–Trinajstić information content (AvgIpc) is 2.27. The number of rotatable bonds is 5. The molecule has 4 nitrogen and oxygen atoms in total. The van der Waals surface area contributed by atoms with E-state index in [2.05, 4.69) is 0 Å². The van der Waals surface area contributed by atoms with E-state index in [9.17, 15) is 4.79 Å². The van der Waals surface area contributed by atoms with Crippen LogP contribution in [0.2, 0.25) is 0 Å². The van der Waals surface area contributed by atoms with Gasteiger partial charge in [0.1, 0.15) is 11.5 Å². The first kappa shape index (κ1) is 12.4. The van der Waals surface area contributed by atoms with Gasteiger partial charge in [-0.25, -0.2) is 0 Å². The van der Waals surface area contributed by atoms with E-state index in [0.29, 0.717) is 11.5 Å². The molecule has 0 bridgehead atoms. The SMILES string of the molecule is COc1cc(OC)cc([C@@H](C)CC(=O)O)c1. The summed E-state index contributed by atoms with van der Waals surface area (Å²) in [5, 5.41) is 8.74. The van der Waals surface area contributed by atoms with Gasteiger partial charge in [-0.2, -0.15) is 0 Å². The third kappa shape index (κ3) is 3.15. The quantitative estimate of drug-likeness (QED) is 0.833. The van der Waals surface area contributed by atoms with Gasteiger partial charge in [-0.3, -0.25) is 4.79 Å². The Labute approximate surface area is 94.8 Å². The van der Waals surface area contributed by atoms with Crippen molar-refractivity contribution in [3.63, 3.8) is 0 Å². The summed E-state index contributed by atoms with van der Waals surface area (Å²) in [6.45, 7) is 1.86. The molecule has 1 aromatic carbocycles. The van der Waals surface area contributed by atoms with E-state index in [1.165, 1.54) is 0 Å². The fourth-order valence-corrected chi connectivity index (χ4v) is 1.49. The Morgan fingerprint density at radius 1 is 1.25 bits per heavy atom. The molecule has 0 aliphatic heterocycles. The summed E-state index contributed by atoms with van der Waals surface area (Å²) >= 11 is 0. The Kier molecular flexibility index (Phi) is 4.17. The number of carbonyl (C=O) groups is 1. The Hall–Kier alpha value is -1.71. The van der Waals surface area contributed by atoms with E-state index in [1.807, 2.05) is 19.1 Å². The minimum absolute atomic E-state index is 0.0681. The van der Waals surface area contributed by atoms with Gasteiger partial charge in [0, 0.05) is 6.07 Å². The Morgan fingerprint density at radius 3 is 2.12 bits per heavy atom. The largest absolute Gasteiger partial charge is 0.497 e. The fraction of sp³-hybridized carbons (Fsp3) is 0.417. The van der Waals surface area contributed by atoms with Gasteiger partial charge in [-0.1, -0.05) is 6.92 Å². The summed E-state index contributed by atoms with van der Waals surface area (Å²) < 4.78 is 10.3. The minimum atomic E-state index is -0.811. The lowest BCUT2D eigenvalue weighted by Gasteiger charge is -2.12. The molecular weight excluding hydrogens is 208 g/mol. The molecule has 0 spiro atoms. The predicted molar refractivity (Wildman–Crippen MR) is 60.2 cm³/mol. The van der Waals surface area contributed by atoms with Crippen molar-refractivity contribution in [2.24, 2.45) is 0 Å². The van der Waals surface area contributed by atoms with E-state index in [4.69, 9.17) is 14.6 Å². The van der Waals surface area contributed by atoms with Crippen LogP contribution in [0.4, 0.5) is 0 Å². The van der Waals surface area contributed by atoms with Crippen LogP contribution in [0, 0.1) is 0 Å². The second kappa shape index (κ2) is 5.39. The lowest BCUT2D eigenvalue weighted by atomic mass is 9.97. The lowest BCUT2D eigenvalue weighted by molar-refractivity contribution is -0.137. The van der Waals surface area contributed by atoms with Crippen molar-refractivity contribution in [3.05, 3.63) is 23.8 Å². The van der Waals surface area contributed by atoms with Gasteiger partial charge in [0.15, 0.2) is 0 Å². The normalized spacial score (nSPS) is 11.9. The van der Waals surface area contributed by atoms with Crippen molar-refractivity contribution < 1.29 is 19.4 Å². The molecular formula is C12H16O4. The zero-order valence-corrected chi connectivity index (χ0v) is 9.69. The van der Waals surface area contributed by atoms with Gasteiger partial charge >= 0.3 is 5.97 Å². The Morgan fingerprint density at radius 2 is 1.75 bits per heavy atom. The molecule has 4 heteroatoms. The first-order valence-corrected chi connectivity index (χ1v) is 5.01. The fourth-order valence-electron chi connectivity index (χ4n) is 1.49. The van der Waals surface area contributed by atoms with Crippen molar-refractivity contribution in [1.29, 1.82) is 0 Å². The van der Waals surface area contributed by atoms with E-state index >= 15 is 0 Å². The van der Waals surface area contributed by atoms with Crippen LogP contribution < -0.4 is 9.47 Å². The van der Waals surface area contributed by atoms with Crippen LogP contribution in [0.25, 0.3) is 0 Å². The molecule has 0 amide bonds. The predicted octanol–water partition coefficient (Wildman–Crippen LogP) is 2.28. The van der Waals surface area contributed by atoms with Crippen LogP contribution in [-0.4, -0.2) is 25.3 Å². The van der Waals surface area contributed by atoms with Gasteiger partial charge < -0.3 is 14.6 Å². The highest BCUT2D eigenvalue weighted by atomic mass is 16.5. The lowest BCUT2D eigenvalue weighted by Crippen LogP contribution is -2.03. The monoisotopic (exact) mass is 224 g/mol. The van der Waals surface area contributed by atoms with Crippen molar-refractivity contribution in [2.45, 2.75) is 19.3 Å². The van der Waals surface area contributed by atoms with Gasteiger partial charge in [0.2, 0.25) is 0 Å². The van der Waals surface area contributed by atoms with Crippen LogP contribution in [0.1, 0.15) is 24.8 Å². The number of carboxylic acid groups (broad SMARTS) is 1. The van der Waals surface area contributed by atoms with E-state index < -0.39 is 5.97 Å². The van der Waals surface area contributed by atoms with Crippen LogP contribution in [0.3, 0.4) is 0 Å².